The summed E-state index contributed by atoms with van der Waals surface area (Å²) in [6.45, 7) is 3.72. The van der Waals surface area contributed by atoms with E-state index in [0.29, 0.717) is 16.5 Å². The Hall–Kier alpha value is -2.66. The molecule has 3 aromatic rings. The largest absolute Gasteiger partial charge is 0.422 e. The second-order valence-electron chi connectivity index (χ2n) is 5.12. The summed E-state index contributed by atoms with van der Waals surface area (Å²) in [7, 11) is 0. The van der Waals surface area contributed by atoms with Crippen LogP contribution in [0.4, 0.5) is 0 Å². The summed E-state index contributed by atoms with van der Waals surface area (Å²) in [5.74, 6) is -0.0723. The van der Waals surface area contributed by atoms with Crippen molar-refractivity contribution in [3.05, 3.63) is 70.5 Å². The second kappa shape index (κ2) is 6.22. The van der Waals surface area contributed by atoms with E-state index in [4.69, 9.17) is 16.3 Å². The molecule has 1 aromatic heterocycles. The van der Waals surface area contributed by atoms with E-state index >= 15 is 0 Å². The number of carbonyl (C=O) groups is 1. The van der Waals surface area contributed by atoms with Gasteiger partial charge in [0.25, 0.3) is 0 Å². The molecule has 1 heterocycles. The fraction of sp³-hybridized carbons (Fsp3) is 0.118. The van der Waals surface area contributed by atoms with Crippen LogP contribution in [0, 0.1) is 13.8 Å². The van der Waals surface area contributed by atoms with Gasteiger partial charge in [-0.15, -0.1) is 5.10 Å². The molecule has 0 spiro atoms. The number of aryl methyl sites for hydroxylation is 1. The highest BCUT2D eigenvalue weighted by Gasteiger charge is 2.19. The normalized spacial score (nSPS) is 10.6. The molecule has 6 heteroatoms. The highest BCUT2D eigenvalue weighted by molar-refractivity contribution is 6.30. The van der Waals surface area contributed by atoms with Crippen LogP contribution in [-0.4, -0.2) is 21.0 Å². The van der Waals surface area contributed by atoms with E-state index in [1.165, 1.54) is 0 Å². The molecule has 23 heavy (non-hydrogen) atoms. The predicted octanol–water partition coefficient (Wildman–Crippen LogP) is 3.76. The third-order valence-electron chi connectivity index (χ3n) is 3.37. The average Bonchev–Trinajstić information content (AvgIpc) is 2.91. The topological polar surface area (TPSA) is 57.0 Å². The fourth-order valence-corrected chi connectivity index (χ4v) is 2.32. The van der Waals surface area contributed by atoms with Gasteiger partial charge in [0.05, 0.1) is 11.4 Å². The molecular weight excluding hydrogens is 314 g/mol. The number of halogens is 1. The first-order valence-electron chi connectivity index (χ1n) is 7.01. The van der Waals surface area contributed by atoms with Gasteiger partial charge in [0.2, 0.25) is 0 Å². The van der Waals surface area contributed by atoms with Crippen molar-refractivity contribution >= 4 is 17.6 Å². The number of ether oxygens (including phenoxy) is 1. The first-order valence-corrected chi connectivity index (χ1v) is 7.39. The number of hydrogen-bond acceptors (Lipinski definition) is 4. The first kappa shape index (κ1) is 15.2. The molecular formula is C17H14ClN3O2. The zero-order chi connectivity index (χ0) is 16.4. The van der Waals surface area contributed by atoms with Crippen molar-refractivity contribution in [1.29, 1.82) is 0 Å². The van der Waals surface area contributed by atoms with E-state index in [2.05, 4.69) is 10.3 Å². The van der Waals surface area contributed by atoms with Crippen molar-refractivity contribution in [2.45, 2.75) is 13.8 Å². The Balaban J connectivity index is 1.86. The molecule has 116 valence electrons. The average molecular weight is 328 g/mol. The molecule has 0 amide bonds. The predicted molar refractivity (Wildman–Crippen MR) is 87.2 cm³/mol. The van der Waals surface area contributed by atoms with Gasteiger partial charge >= 0.3 is 5.97 Å². The standard InChI is InChI=1S/C17H14ClN3O2/c1-11-6-8-15(9-7-11)23-17(22)16-12(2)21(20-19-16)14-5-3-4-13(18)10-14/h3-10H,1-2H3. The molecule has 3 rings (SSSR count). The number of carbonyl (C=O) groups excluding carboxylic acids is 1. The summed E-state index contributed by atoms with van der Waals surface area (Å²) < 4.78 is 6.88. The fourth-order valence-electron chi connectivity index (χ4n) is 2.13. The number of esters is 1. The molecule has 0 fully saturated rings. The molecule has 0 atom stereocenters. The van der Waals surface area contributed by atoms with Crippen molar-refractivity contribution in [2.75, 3.05) is 0 Å². The van der Waals surface area contributed by atoms with Crippen molar-refractivity contribution in [2.24, 2.45) is 0 Å². The summed E-state index contributed by atoms with van der Waals surface area (Å²) in [4.78, 5) is 12.3. The van der Waals surface area contributed by atoms with Crippen LogP contribution in [0.15, 0.2) is 48.5 Å². The van der Waals surface area contributed by atoms with Crippen LogP contribution < -0.4 is 4.74 Å². The number of nitrogens with zero attached hydrogens (tertiary/aromatic N) is 3. The summed E-state index contributed by atoms with van der Waals surface area (Å²) in [5.41, 5.74) is 2.58. The summed E-state index contributed by atoms with van der Waals surface area (Å²) in [6, 6.07) is 14.4. The van der Waals surface area contributed by atoms with E-state index in [1.807, 2.05) is 31.2 Å². The van der Waals surface area contributed by atoms with Crippen LogP contribution >= 0.6 is 11.6 Å². The molecule has 5 nitrogen and oxygen atoms in total. The molecule has 0 saturated carbocycles. The van der Waals surface area contributed by atoms with E-state index < -0.39 is 5.97 Å². The van der Waals surface area contributed by atoms with Crippen LogP contribution in [0.2, 0.25) is 5.02 Å². The number of benzene rings is 2. The molecule has 0 bridgehead atoms. The van der Waals surface area contributed by atoms with Crippen molar-refractivity contribution in [3.63, 3.8) is 0 Å². The lowest BCUT2D eigenvalue weighted by atomic mass is 10.2. The van der Waals surface area contributed by atoms with E-state index in [1.54, 1.807) is 35.9 Å². The maximum atomic E-state index is 12.3. The smallest absolute Gasteiger partial charge is 0.366 e. The summed E-state index contributed by atoms with van der Waals surface area (Å²) in [5, 5.41) is 8.53. The highest BCUT2D eigenvalue weighted by Crippen LogP contribution is 2.18. The lowest BCUT2D eigenvalue weighted by Crippen LogP contribution is -2.11. The minimum absolute atomic E-state index is 0.172. The Morgan fingerprint density at radius 1 is 1.13 bits per heavy atom. The molecule has 0 N–H and O–H groups in total. The SMILES string of the molecule is Cc1ccc(OC(=O)c2nnn(-c3cccc(Cl)c3)c2C)cc1. The minimum Gasteiger partial charge on any atom is -0.422 e. The highest BCUT2D eigenvalue weighted by atomic mass is 35.5. The van der Waals surface area contributed by atoms with Crippen molar-refractivity contribution in [3.8, 4) is 11.4 Å². The molecule has 2 aromatic carbocycles. The Morgan fingerprint density at radius 2 is 1.87 bits per heavy atom. The monoisotopic (exact) mass is 327 g/mol. The molecule has 0 aliphatic rings. The molecule has 0 radical (unpaired) electrons. The quantitative estimate of drug-likeness (QED) is 0.543. The van der Waals surface area contributed by atoms with E-state index in [-0.39, 0.29) is 5.69 Å². The lowest BCUT2D eigenvalue weighted by Gasteiger charge is -2.05. The van der Waals surface area contributed by atoms with Crippen LogP contribution in [-0.2, 0) is 0 Å². The van der Waals surface area contributed by atoms with Gasteiger partial charge in [0, 0.05) is 5.02 Å². The van der Waals surface area contributed by atoms with Gasteiger partial charge in [0.15, 0.2) is 5.69 Å². The maximum absolute atomic E-state index is 12.3. The molecule has 0 aliphatic heterocycles. The first-order chi connectivity index (χ1) is 11.0. The number of hydrogen-bond donors (Lipinski definition) is 0. The summed E-state index contributed by atoms with van der Waals surface area (Å²) in [6.07, 6.45) is 0. The third-order valence-corrected chi connectivity index (χ3v) is 3.61. The Labute approximate surface area is 138 Å². The Morgan fingerprint density at radius 3 is 2.57 bits per heavy atom. The van der Waals surface area contributed by atoms with Gasteiger partial charge in [-0.3, -0.25) is 0 Å². The maximum Gasteiger partial charge on any atom is 0.366 e. The van der Waals surface area contributed by atoms with Crippen LogP contribution in [0.3, 0.4) is 0 Å². The van der Waals surface area contributed by atoms with Gasteiger partial charge in [-0.25, -0.2) is 9.48 Å². The molecule has 0 aliphatic carbocycles. The van der Waals surface area contributed by atoms with Gasteiger partial charge in [0.1, 0.15) is 5.75 Å². The zero-order valence-corrected chi connectivity index (χ0v) is 13.4. The van der Waals surface area contributed by atoms with Gasteiger partial charge in [-0.1, -0.05) is 40.6 Å². The van der Waals surface area contributed by atoms with Crippen LogP contribution in [0.1, 0.15) is 21.7 Å². The van der Waals surface area contributed by atoms with Crippen LogP contribution in [0.5, 0.6) is 5.75 Å². The van der Waals surface area contributed by atoms with E-state index in [0.717, 1.165) is 11.3 Å². The zero-order valence-electron chi connectivity index (χ0n) is 12.7. The molecule has 0 saturated heterocycles. The van der Waals surface area contributed by atoms with E-state index in [9.17, 15) is 4.79 Å². The second-order valence-corrected chi connectivity index (χ2v) is 5.55. The van der Waals surface area contributed by atoms with Gasteiger partial charge in [-0.2, -0.15) is 0 Å². The van der Waals surface area contributed by atoms with Crippen molar-refractivity contribution < 1.29 is 9.53 Å². The third kappa shape index (κ3) is 3.24. The number of rotatable bonds is 3. The molecule has 0 unspecified atom stereocenters. The lowest BCUT2D eigenvalue weighted by molar-refractivity contribution is 0.0727. The summed E-state index contributed by atoms with van der Waals surface area (Å²) >= 11 is 5.98. The van der Waals surface area contributed by atoms with Gasteiger partial charge < -0.3 is 4.74 Å². The minimum atomic E-state index is -0.542. The Bertz CT molecular complexity index is 857. The van der Waals surface area contributed by atoms with Crippen LogP contribution in [0.25, 0.3) is 5.69 Å². The van der Waals surface area contributed by atoms with Crippen molar-refractivity contribution in [1.82, 2.24) is 15.0 Å². The number of aromatic nitrogens is 3. The van der Waals surface area contributed by atoms with Gasteiger partial charge in [-0.05, 0) is 44.2 Å². The Kier molecular flexibility index (Phi) is 4.12.